The lowest BCUT2D eigenvalue weighted by Crippen LogP contribution is -1.65. The second-order valence-corrected chi connectivity index (χ2v) is 2.37. The van der Waals surface area contributed by atoms with E-state index in [0.717, 1.165) is 12.8 Å². The first kappa shape index (κ1) is 9.97. The van der Waals surface area contributed by atoms with Crippen LogP contribution < -0.4 is 0 Å². The maximum absolute atomic E-state index is 8.15. The molecule has 0 aromatic rings. The number of hydrogen-bond donors (Lipinski definition) is 0. The van der Waals surface area contributed by atoms with E-state index < -0.39 is 0 Å². The van der Waals surface area contributed by atoms with E-state index in [2.05, 4.69) is 19.1 Å². The third-order valence-electron chi connectivity index (χ3n) is 1.31. The van der Waals surface area contributed by atoms with Gasteiger partial charge in [0.15, 0.2) is 0 Å². The van der Waals surface area contributed by atoms with Crippen LogP contribution in [0.5, 0.6) is 0 Å². The van der Waals surface area contributed by atoms with Gasteiger partial charge in [-0.3, -0.25) is 0 Å². The van der Waals surface area contributed by atoms with Crippen molar-refractivity contribution in [3.05, 3.63) is 24.3 Å². The Labute approximate surface area is 69.0 Å². The predicted molar refractivity (Wildman–Crippen MR) is 48.0 cm³/mol. The van der Waals surface area contributed by atoms with Crippen molar-refractivity contribution in [3.63, 3.8) is 0 Å². The highest BCUT2D eigenvalue weighted by Gasteiger charge is 1.75. The van der Waals surface area contributed by atoms with Crippen molar-refractivity contribution in [1.82, 2.24) is 0 Å². The minimum atomic E-state index is 0.980. The monoisotopic (exact) mass is 149 g/mol. The quantitative estimate of drug-likeness (QED) is 0.334. The summed E-state index contributed by atoms with van der Waals surface area (Å²) < 4.78 is 0. The zero-order valence-electron chi connectivity index (χ0n) is 7.09. The Morgan fingerprint density at radius 2 is 1.73 bits per heavy atom. The van der Waals surface area contributed by atoms with Crippen molar-refractivity contribution in [2.24, 2.45) is 0 Å². The molecule has 0 bridgehead atoms. The van der Waals surface area contributed by atoms with Gasteiger partial charge in [-0.15, -0.1) is 0 Å². The van der Waals surface area contributed by atoms with E-state index in [4.69, 9.17) is 5.26 Å². The molecule has 0 amide bonds. The summed E-state index contributed by atoms with van der Waals surface area (Å²) in [6, 6.07) is 1.97. The lowest BCUT2D eigenvalue weighted by Gasteiger charge is -1.85. The lowest BCUT2D eigenvalue weighted by molar-refractivity contribution is 0.943. The van der Waals surface area contributed by atoms with Gasteiger partial charge < -0.3 is 0 Å². The van der Waals surface area contributed by atoms with E-state index in [0.29, 0.717) is 0 Å². The maximum atomic E-state index is 8.15. The first-order chi connectivity index (χ1) is 5.41. The van der Waals surface area contributed by atoms with Gasteiger partial charge >= 0.3 is 0 Å². The molecule has 1 nitrogen and oxygen atoms in total. The van der Waals surface area contributed by atoms with Gasteiger partial charge in [-0.05, 0) is 19.3 Å². The molecular formula is C10H15N. The third kappa shape index (κ3) is 8.97. The lowest BCUT2D eigenvalue weighted by atomic mass is 10.2. The molecule has 60 valence electrons. The molecule has 0 fully saturated rings. The van der Waals surface area contributed by atoms with Crippen molar-refractivity contribution in [2.75, 3.05) is 0 Å². The van der Waals surface area contributed by atoms with E-state index >= 15 is 0 Å². The normalized spacial score (nSPS) is 10.9. The molecule has 0 aromatic carbocycles. The van der Waals surface area contributed by atoms with Crippen LogP contribution in [-0.4, -0.2) is 0 Å². The Balaban J connectivity index is 3.15. The average Bonchev–Trinajstić information content (AvgIpc) is 2.03. The Bertz CT molecular complexity index is 160. The van der Waals surface area contributed by atoms with E-state index in [1.54, 1.807) is 0 Å². The van der Waals surface area contributed by atoms with Crippen LogP contribution in [0.25, 0.3) is 0 Å². The van der Waals surface area contributed by atoms with E-state index in [1.807, 2.05) is 12.1 Å². The Morgan fingerprint density at radius 3 is 2.36 bits per heavy atom. The molecule has 0 saturated carbocycles. The van der Waals surface area contributed by atoms with Crippen molar-refractivity contribution >= 4 is 0 Å². The summed E-state index contributed by atoms with van der Waals surface area (Å²) in [5.41, 5.74) is 0. The van der Waals surface area contributed by atoms with Crippen molar-refractivity contribution in [2.45, 2.75) is 32.6 Å². The number of nitriles is 1. The first-order valence-corrected chi connectivity index (χ1v) is 4.11. The molecule has 1 heteroatoms. The second-order valence-electron chi connectivity index (χ2n) is 2.37. The summed E-state index contributed by atoms with van der Waals surface area (Å²) >= 11 is 0. The van der Waals surface area contributed by atoms with Gasteiger partial charge in [0.05, 0.1) is 6.07 Å². The molecule has 0 unspecified atom stereocenters. The molecule has 0 spiro atoms. The first-order valence-electron chi connectivity index (χ1n) is 4.11. The number of hydrogen-bond acceptors (Lipinski definition) is 1. The van der Waals surface area contributed by atoms with E-state index in [9.17, 15) is 0 Å². The van der Waals surface area contributed by atoms with Crippen LogP contribution in [0.15, 0.2) is 24.3 Å². The second kappa shape index (κ2) is 8.97. The Kier molecular flexibility index (Phi) is 8.13. The fourth-order valence-electron chi connectivity index (χ4n) is 0.731. The molecule has 0 aliphatic carbocycles. The summed E-state index contributed by atoms with van der Waals surface area (Å²) in [5.74, 6) is 0. The van der Waals surface area contributed by atoms with Gasteiger partial charge in [0.2, 0.25) is 0 Å². The van der Waals surface area contributed by atoms with Crippen molar-refractivity contribution in [3.8, 4) is 6.07 Å². The SMILES string of the molecule is CCCC=CCC/C=C\C#N. The minimum absolute atomic E-state index is 0.980. The van der Waals surface area contributed by atoms with E-state index in [1.165, 1.54) is 18.9 Å². The molecule has 0 aliphatic heterocycles. The molecule has 0 saturated heterocycles. The number of allylic oxidation sites excluding steroid dienone is 4. The van der Waals surface area contributed by atoms with Crippen LogP contribution in [-0.2, 0) is 0 Å². The topological polar surface area (TPSA) is 23.8 Å². The number of nitrogens with zero attached hydrogens (tertiary/aromatic N) is 1. The summed E-state index contributed by atoms with van der Waals surface area (Å²) in [6.07, 6.45) is 12.2. The van der Waals surface area contributed by atoms with Gasteiger partial charge in [-0.1, -0.05) is 31.6 Å². The van der Waals surface area contributed by atoms with Gasteiger partial charge in [0.1, 0.15) is 0 Å². The summed E-state index contributed by atoms with van der Waals surface area (Å²) in [7, 11) is 0. The average molecular weight is 149 g/mol. The Morgan fingerprint density at radius 1 is 1.09 bits per heavy atom. The van der Waals surface area contributed by atoms with Crippen LogP contribution >= 0.6 is 0 Å². The van der Waals surface area contributed by atoms with Crippen molar-refractivity contribution < 1.29 is 0 Å². The zero-order valence-corrected chi connectivity index (χ0v) is 7.09. The summed E-state index contributed by atoms with van der Waals surface area (Å²) in [4.78, 5) is 0. The molecular weight excluding hydrogens is 134 g/mol. The third-order valence-corrected chi connectivity index (χ3v) is 1.31. The van der Waals surface area contributed by atoms with Crippen LogP contribution in [0.2, 0.25) is 0 Å². The van der Waals surface area contributed by atoms with Crippen LogP contribution in [0.1, 0.15) is 32.6 Å². The standard InChI is InChI=1S/C10H15N/c1-2-3-4-5-6-7-8-9-10-11/h4-5,8-9H,2-3,6-7H2,1H3/b5-4?,9-8-. The van der Waals surface area contributed by atoms with E-state index in [-0.39, 0.29) is 0 Å². The highest BCUT2D eigenvalue weighted by molar-refractivity contribution is 5.02. The predicted octanol–water partition coefficient (Wildman–Crippen LogP) is 3.20. The number of rotatable bonds is 5. The molecule has 0 rings (SSSR count). The highest BCUT2D eigenvalue weighted by atomic mass is 14.2. The smallest absolute Gasteiger partial charge is 0.0908 e. The Hall–Kier alpha value is -1.03. The van der Waals surface area contributed by atoms with Gasteiger partial charge in [0, 0.05) is 6.08 Å². The summed E-state index contributed by atoms with van der Waals surface area (Å²) in [6.45, 7) is 2.17. The number of unbranched alkanes of at least 4 members (excludes halogenated alkanes) is 2. The summed E-state index contributed by atoms with van der Waals surface area (Å²) in [5, 5.41) is 8.15. The minimum Gasteiger partial charge on any atom is -0.193 e. The van der Waals surface area contributed by atoms with Crippen LogP contribution in [0.4, 0.5) is 0 Å². The highest BCUT2D eigenvalue weighted by Crippen LogP contribution is 1.95. The molecule has 0 N–H and O–H groups in total. The van der Waals surface area contributed by atoms with Gasteiger partial charge in [0.25, 0.3) is 0 Å². The molecule has 11 heavy (non-hydrogen) atoms. The molecule has 0 aliphatic rings. The van der Waals surface area contributed by atoms with Crippen LogP contribution in [0, 0.1) is 11.3 Å². The fraction of sp³-hybridized carbons (Fsp3) is 0.500. The van der Waals surface area contributed by atoms with Gasteiger partial charge in [-0.25, -0.2) is 0 Å². The fourth-order valence-corrected chi connectivity index (χ4v) is 0.731. The van der Waals surface area contributed by atoms with Crippen molar-refractivity contribution in [1.29, 1.82) is 5.26 Å². The molecule has 0 aromatic heterocycles. The van der Waals surface area contributed by atoms with Crippen LogP contribution in [0.3, 0.4) is 0 Å². The molecule has 0 atom stereocenters. The molecule has 0 radical (unpaired) electrons. The van der Waals surface area contributed by atoms with Gasteiger partial charge in [-0.2, -0.15) is 5.26 Å². The largest absolute Gasteiger partial charge is 0.193 e. The molecule has 0 heterocycles. The zero-order chi connectivity index (χ0) is 8.36. The maximum Gasteiger partial charge on any atom is 0.0908 e.